The van der Waals surface area contributed by atoms with Crippen molar-refractivity contribution in [2.75, 3.05) is 6.61 Å². The fourth-order valence-corrected chi connectivity index (χ4v) is 3.43. The van der Waals surface area contributed by atoms with E-state index in [9.17, 15) is 4.79 Å². The number of ether oxygens (including phenoxy) is 1. The third-order valence-electron chi connectivity index (χ3n) is 3.57. The van der Waals surface area contributed by atoms with E-state index >= 15 is 0 Å². The Morgan fingerprint density at radius 2 is 1.52 bits per heavy atom. The van der Waals surface area contributed by atoms with Gasteiger partial charge in [0.25, 0.3) is 0 Å². The van der Waals surface area contributed by atoms with Crippen molar-refractivity contribution in [3.63, 3.8) is 0 Å². The highest BCUT2D eigenvalue weighted by Gasteiger charge is 2.29. The van der Waals surface area contributed by atoms with Gasteiger partial charge < -0.3 is 4.74 Å². The summed E-state index contributed by atoms with van der Waals surface area (Å²) in [6, 6.07) is 16.5. The number of benzene rings is 2. The zero-order valence-corrected chi connectivity index (χ0v) is 14.8. The molecule has 0 atom stereocenters. The third-order valence-corrected chi connectivity index (χ3v) is 5.62. The average Bonchev–Trinajstić information content (AvgIpc) is 2.78. The van der Waals surface area contributed by atoms with E-state index in [4.69, 9.17) is 4.74 Å². The first kappa shape index (κ1) is 15.1. The molecule has 0 unspecified atom stereocenters. The second-order valence-corrected chi connectivity index (χ2v) is 15.0. The lowest BCUT2D eigenvalue weighted by Gasteiger charge is -2.14. The van der Waals surface area contributed by atoms with Crippen molar-refractivity contribution in [1.29, 1.82) is 0 Å². The Labute approximate surface area is 133 Å². The minimum absolute atomic E-state index is 0.0785. The summed E-state index contributed by atoms with van der Waals surface area (Å²) in [6.07, 6.45) is 0. The maximum absolute atomic E-state index is 11.9. The summed E-state index contributed by atoms with van der Waals surface area (Å²) < 4.78 is 5.43. The fourth-order valence-electron chi connectivity index (χ4n) is 2.68. The van der Waals surface area contributed by atoms with E-state index in [1.165, 1.54) is 22.3 Å². The molecule has 0 fully saturated rings. The molecule has 21 heavy (non-hydrogen) atoms. The highest BCUT2D eigenvalue weighted by molar-refractivity contribution is 8.90. The predicted octanol–water partition coefficient (Wildman–Crippen LogP) is 5.05. The van der Waals surface area contributed by atoms with Crippen molar-refractivity contribution in [2.45, 2.75) is 5.92 Å². The summed E-state index contributed by atoms with van der Waals surface area (Å²) >= 11 is 4.17. The van der Waals surface area contributed by atoms with Crippen LogP contribution in [0.2, 0.25) is 0 Å². The fraction of sp³-hybridized carbons (Fsp3) is 0.133. The first-order valence-electron chi connectivity index (χ1n) is 6.38. The maximum Gasteiger partial charge on any atom is 0.372 e. The Morgan fingerprint density at radius 1 is 1.05 bits per heavy atom. The summed E-state index contributed by atoms with van der Waals surface area (Å²) in [5.74, 6) is 0.0785. The molecule has 0 N–H and O–H groups in total. The van der Waals surface area contributed by atoms with Gasteiger partial charge in [-0.15, -0.1) is 11.7 Å². The third kappa shape index (κ3) is 2.91. The highest BCUT2D eigenvalue weighted by atomic mass is 33.3. The number of carbonyl (C=O) groups is 1. The molecule has 0 aliphatic heterocycles. The molecule has 0 heterocycles. The van der Waals surface area contributed by atoms with Crippen molar-refractivity contribution in [3.05, 3.63) is 59.7 Å². The Kier molecular flexibility index (Phi) is 4.16. The molecule has 0 radical (unpaired) electrons. The molecule has 1 aliphatic carbocycles. The lowest BCUT2D eigenvalue weighted by molar-refractivity contribution is 0.171. The number of thiol groups is 1. The molecule has 0 saturated carbocycles. The van der Waals surface area contributed by atoms with Crippen molar-refractivity contribution < 1.29 is 9.53 Å². The topological polar surface area (TPSA) is 26.3 Å². The van der Waals surface area contributed by atoms with Crippen LogP contribution in [0.4, 0.5) is 4.79 Å². The van der Waals surface area contributed by atoms with Gasteiger partial charge >= 0.3 is 5.30 Å². The molecule has 3 rings (SSSR count). The first-order chi connectivity index (χ1) is 9.98. The average molecular weight is 352 g/mol. The number of fused-ring (bicyclic) bond motifs is 3. The van der Waals surface area contributed by atoms with Crippen molar-refractivity contribution >= 4 is 40.4 Å². The van der Waals surface area contributed by atoms with Crippen molar-refractivity contribution in [2.24, 2.45) is 0 Å². The molecule has 0 bridgehead atoms. The van der Waals surface area contributed by atoms with Crippen molar-refractivity contribution in [1.82, 2.24) is 0 Å². The lowest BCUT2D eigenvalue weighted by Crippen LogP contribution is -2.13. The van der Waals surface area contributed by atoms with Gasteiger partial charge in [0.1, 0.15) is 6.61 Å². The van der Waals surface area contributed by atoms with E-state index in [-0.39, 0.29) is 11.2 Å². The SMILES string of the molecule is O=C(OCC1c2ccccc2-c2ccccc21)S(=P)(=P)S. The lowest BCUT2D eigenvalue weighted by atomic mass is 9.98. The number of carbonyl (C=O) groups excluding carboxylic acids is 1. The van der Waals surface area contributed by atoms with E-state index < -0.39 is 7.42 Å². The second-order valence-electron chi connectivity index (χ2n) is 4.87. The van der Waals surface area contributed by atoms with Crippen LogP contribution < -0.4 is 0 Å². The Bertz CT molecular complexity index is 770. The van der Waals surface area contributed by atoms with Crippen LogP contribution >= 0.6 is 27.7 Å². The molecule has 2 nitrogen and oxygen atoms in total. The van der Waals surface area contributed by atoms with Crippen LogP contribution in [0, 0.1) is 0 Å². The molecule has 0 spiro atoms. The largest absolute Gasteiger partial charge is 0.456 e. The van der Waals surface area contributed by atoms with Gasteiger partial charge in [-0.25, -0.2) is 4.79 Å². The number of hydrogen-bond donors (Lipinski definition) is 1. The molecular weight excluding hydrogens is 338 g/mol. The summed E-state index contributed by atoms with van der Waals surface area (Å²) in [5, 5.41) is -0.374. The quantitative estimate of drug-likeness (QED) is 0.354. The van der Waals surface area contributed by atoms with Gasteiger partial charge in [0.15, 0.2) is 0 Å². The van der Waals surface area contributed by atoms with E-state index in [0.717, 1.165) is 0 Å². The highest BCUT2D eigenvalue weighted by Crippen LogP contribution is 2.44. The van der Waals surface area contributed by atoms with Gasteiger partial charge in [-0.3, -0.25) is 0 Å². The molecule has 0 amide bonds. The standard InChI is InChI=1S/C15H14O2P2S2/c16-15(21(18,19)20)17-9-14-12-7-3-1-5-10(12)11-6-2-4-8-13(11)14/h1-8,14,18-20H,9H2. The summed E-state index contributed by atoms with van der Waals surface area (Å²) in [7, 11) is 4.51. The second kappa shape index (κ2) is 5.78. The summed E-state index contributed by atoms with van der Waals surface area (Å²) in [5.41, 5.74) is 4.84. The molecular formula is C15H14O2P2S2. The zero-order valence-electron chi connectivity index (χ0n) is 11.1. The minimum atomic E-state index is -2.00. The number of hydrogen-bond acceptors (Lipinski definition) is 2. The van der Waals surface area contributed by atoms with Gasteiger partial charge in [0.05, 0.1) is 0 Å². The van der Waals surface area contributed by atoms with Crippen LogP contribution in [0.5, 0.6) is 0 Å². The smallest absolute Gasteiger partial charge is 0.372 e. The zero-order chi connectivity index (χ0) is 15.0. The summed E-state index contributed by atoms with van der Waals surface area (Å²) in [4.78, 5) is 11.9. The van der Waals surface area contributed by atoms with Crippen LogP contribution in [-0.2, 0) is 12.2 Å². The maximum atomic E-state index is 11.9. The van der Waals surface area contributed by atoms with Gasteiger partial charge in [-0.05, 0) is 29.7 Å². The van der Waals surface area contributed by atoms with Crippen LogP contribution in [0.1, 0.15) is 17.0 Å². The molecule has 108 valence electrons. The Balaban J connectivity index is 1.94. The van der Waals surface area contributed by atoms with Crippen molar-refractivity contribution in [3.8, 4) is 11.1 Å². The monoisotopic (exact) mass is 352 g/mol. The van der Waals surface area contributed by atoms with E-state index in [1.807, 2.05) is 24.3 Å². The van der Waals surface area contributed by atoms with Crippen LogP contribution in [0.15, 0.2) is 48.5 Å². The number of rotatable bonds is 2. The Hall–Kier alpha value is -0.790. The van der Waals surface area contributed by atoms with Crippen LogP contribution in [0.3, 0.4) is 0 Å². The van der Waals surface area contributed by atoms with E-state index in [2.05, 4.69) is 52.0 Å². The molecule has 0 saturated heterocycles. The molecule has 1 aliphatic rings. The molecule has 2 aromatic rings. The van der Waals surface area contributed by atoms with Gasteiger partial charge in [-0.2, -0.15) is 0 Å². The predicted molar refractivity (Wildman–Crippen MR) is 98.1 cm³/mol. The Morgan fingerprint density at radius 3 is 2.00 bits per heavy atom. The van der Waals surface area contributed by atoms with Gasteiger partial charge in [-0.1, -0.05) is 64.6 Å². The molecule has 0 aromatic heterocycles. The van der Waals surface area contributed by atoms with Crippen LogP contribution in [-0.4, -0.2) is 11.9 Å². The van der Waals surface area contributed by atoms with E-state index in [1.54, 1.807) is 0 Å². The van der Waals surface area contributed by atoms with E-state index in [0.29, 0.717) is 6.61 Å². The normalized spacial score (nSPS) is 13.6. The molecule has 6 heteroatoms. The van der Waals surface area contributed by atoms with Crippen LogP contribution in [0.25, 0.3) is 11.1 Å². The first-order valence-corrected chi connectivity index (χ1v) is 11.5. The minimum Gasteiger partial charge on any atom is -0.456 e. The van der Waals surface area contributed by atoms with Gasteiger partial charge in [0.2, 0.25) is 0 Å². The van der Waals surface area contributed by atoms with Gasteiger partial charge in [0, 0.05) is 5.92 Å². The summed E-state index contributed by atoms with van der Waals surface area (Å²) in [6.45, 7) is 0.317. The molecule has 2 aromatic carbocycles.